The van der Waals surface area contributed by atoms with Crippen molar-refractivity contribution in [2.75, 3.05) is 7.11 Å². The molecular weight excluding hydrogens is 292 g/mol. The number of hydrogen-bond donors (Lipinski definition) is 0. The molecule has 0 bridgehead atoms. The van der Waals surface area contributed by atoms with E-state index in [0.29, 0.717) is 12.8 Å². The first kappa shape index (κ1) is 15.9. The van der Waals surface area contributed by atoms with Gasteiger partial charge in [0.05, 0.1) is 25.7 Å². The Labute approximate surface area is 129 Å². The van der Waals surface area contributed by atoms with Gasteiger partial charge in [-0.15, -0.1) is 0 Å². The highest BCUT2D eigenvalue weighted by molar-refractivity contribution is 5.69. The van der Waals surface area contributed by atoms with Crippen LogP contribution in [0.25, 0.3) is 0 Å². The third-order valence-corrected chi connectivity index (χ3v) is 4.39. The van der Waals surface area contributed by atoms with Gasteiger partial charge in [0, 0.05) is 0 Å². The van der Waals surface area contributed by atoms with Gasteiger partial charge < -0.3 is 28.5 Å². The maximum atomic E-state index is 11.4. The molecule has 22 heavy (non-hydrogen) atoms. The summed E-state index contributed by atoms with van der Waals surface area (Å²) in [5.74, 6) is -1.08. The van der Waals surface area contributed by atoms with Gasteiger partial charge in [0.2, 0.25) is 0 Å². The molecule has 0 aromatic rings. The predicted molar refractivity (Wildman–Crippen MR) is 73.1 cm³/mol. The molecule has 3 heterocycles. The van der Waals surface area contributed by atoms with Crippen LogP contribution in [0.4, 0.5) is 0 Å². The van der Waals surface area contributed by atoms with Crippen molar-refractivity contribution in [3.8, 4) is 0 Å². The molecule has 0 amide bonds. The fourth-order valence-corrected chi connectivity index (χ4v) is 3.46. The topological polar surface area (TPSA) is 80.3 Å². The summed E-state index contributed by atoms with van der Waals surface area (Å²) < 4.78 is 28.2. The Morgan fingerprint density at radius 1 is 1.18 bits per heavy atom. The van der Waals surface area contributed by atoms with Crippen LogP contribution in [-0.4, -0.2) is 61.8 Å². The largest absolute Gasteiger partial charge is 0.469 e. The van der Waals surface area contributed by atoms with Crippen LogP contribution in [0.1, 0.15) is 33.1 Å². The molecule has 0 radical (unpaired) electrons. The third-order valence-electron chi connectivity index (χ3n) is 4.39. The summed E-state index contributed by atoms with van der Waals surface area (Å²) in [5, 5.41) is 0. The Morgan fingerprint density at radius 2 is 1.91 bits per heavy atom. The van der Waals surface area contributed by atoms with Crippen molar-refractivity contribution in [1.29, 1.82) is 0 Å². The number of aldehydes is 1. The molecule has 0 unspecified atom stereocenters. The Bertz CT molecular complexity index is 449. The zero-order valence-corrected chi connectivity index (χ0v) is 13.0. The van der Waals surface area contributed by atoms with E-state index in [1.54, 1.807) is 13.8 Å². The number of carbonyl (C=O) groups excluding carboxylic acids is 2. The van der Waals surface area contributed by atoms with E-state index >= 15 is 0 Å². The van der Waals surface area contributed by atoms with Crippen molar-refractivity contribution in [3.05, 3.63) is 0 Å². The summed E-state index contributed by atoms with van der Waals surface area (Å²) in [6, 6.07) is 0. The molecule has 3 fully saturated rings. The number of ether oxygens (including phenoxy) is 5. The van der Waals surface area contributed by atoms with E-state index in [9.17, 15) is 9.59 Å². The predicted octanol–water partition coefficient (Wildman–Crippen LogP) is 0.583. The van der Waals surface area contributed by atoms with Crippen molar-refractivity contribution in [1.82, 2.24) is 0 Å². The first-order valence-corrected chi connectivity index (χ1v) is 7.62. The van der Waals surface area contributed by atoms with E-state index in [1.807, 2.05) is 0 Å². The lowest BCUT2D eigenvalue weighted by Gasteiger charge is -2.45. The van der Waals surface area contributed by atoms with Crippen LogP contribution in [0.5, 0.6) is 0 Å². The molecular formula is C15H22O7. The summed E-state index contributed by atoms with van der Waals surface area (Å²) in [6.45, 7) is 3.61. The third kappa shape index (κ3) is 2.90. The Balaban J connectivity index is 1.74. The minimum Gasteiger partial charge on any atom is -0.469 e. The van der Waals surface area contributed by atoms with Gasteiger partial charge in [-0.2, -0.15) is 0 Å². The maximum absolute atomic E-state index is 11.4. The van der Waals surface area contributed by atoms with E-state index in [1.165, 1.54) is 7.11 Å². The molecule has 0 saturated carbocycles. The number of carbonyl (C=O) groups is 2. The highest BCUT2D eigenvalue weighted by atomic mass is 16.8. The molecule has 3 aliphatic heterocycles. The molecule has 0 aliphatic carbocycles. The van der Waals surface area contributed by atoms with Gasteiger partial charge in [-0.1, -0.05) is 0 Å². The second-order valence-electron chi connectivity index (χ2n) is 6.42. The van der Waals surface area contributed by atoms with E-state index in [-0.39, 0.29) is 36.8 Å². The van der Waals surface area contributed by atoms with Crippen molar-refractivity contribution in [2.45, 2.75) is 75.5 Å². The van der Waals surface area contributed by atoms with Crippen LogP contribution < -0.4 is 0 Å². The molecule has 124 valence electrons. The van der Waals surface area contributed by atoms with Crippen molar-refractivity contribution >= 4 is 12.3 Å². The van der Waals surface area contributed by atoms with Gasteiger partial charge in [-0.25, -0.2) is 0 Å². The van der Waals surface area contributed by atoms with Crippen molar-refractivity contribution < 1.29 is 33.3 Å². The maximum Gasteiger partial charge on any atom is 0.308 e. The van der Waals surface area contributed by atoms with Gasteiger partial charge >= 0.3 is 5.97 Å². The number of esters is 1. The second-order valence-corrected chi connectivity index (χ2v) is 6.42. The van der Waals surface area contributed by atoms with Crippen LogP contribution in [0.3, 0.4) is 0 Å². The summed E-state index contributed by atoms with van der Waals surface area (Å²) in [6.07, 6.45) is 0.0845. The van der Waals surface area contributed by atoms with Crippen LogP contribution in [0.2, 0.25) is 0 Å². The average Bonchev–Trinajstić information content (AvgIpc) is 2.82. The molecule has 3 saturated heterocycles. The molecule has 3 aliphatic rings. The minimum absolute atomic E-state index is 0.207. The van der Waals surface area contributed by atoms with E-state index < -0.39 is 18.0 Å². The van der Waals surface area contributed by atoms with Crippen LogP contribution in [-0.2, 0) is 33.3 Å². The smallest absolute Gasteiger partial charge is 0.308 e. The van der Waals surface area contributed by atoms with Gasteiger partial charge in [-0.05, 0) is 26.7 Å². The normalized spacial score (nSPS) is 43.0. The first-order valence-electron chi connectivity index (χ1n) is 7.62. The molecule has 3 rings (SSSR count). The highest BCUT2D eigenvalue weighted by Crippen LogP contribution is 2.41. The minimum atomic E-state index is -0.784. The van der Waals surface area contributed by atoms with E-state index in [4.69, 9.17) is 23.7 Å². The lowest BCUT2D eigenvalue weighted by molar-refractivity contribution is -0.233. The molecule has 6 atom stereocenters. The molecule has 7 heteroatoms. The van der Waals surface area contributed by atoms with Crippen LogP contribution in [0, 0.1) is 0 Å². The number of fused-ring (bicyclic) bond motifs is 3. The van der Waals surface area contributed by atoms with Gasteiger partial charge in [0.15, 0.2) is 12.1 Å². The number of rotatable bonds is 3. The number of methoxy groups -OCH3 is 1. The summed E-state index contributed by atoms with van der Waals surface area (Å²) in [4.78, 5) is 22.7. The zero-order valence-electron chi connectivity index (χ0n) is 13.0. The van der Waals surface area contributed by atoms with Gasteiger partial charge in [0.25, 0.3) is 0 Å². The monoisotopic (exact) mass is 314 g/mol. The summed E-state index contributed by atoms with van der Waals surface area (Å²) in [5.41, 5.74) is 0. The average molecular weight is 314 g/mol. The number of hydrogen-bond acceptors (Lipinski definition) is 7. The molecule has 7 nitrogen and oxygen atoms in total. The lowest BCUT2D eigenvalue weighted by atomic mass is 9.89. The Morgan fingerprint density at radius 3 is 2.59 bits per heavy atom. The van der Waals surface area contributed by atoms with E-state index in [0.717, 1.165) is 6.29 Å². The Hall–Kier alpha value is -1.02. The molecule has 0 aromatic heterocycles. The quantitative estimate of drug-likeness (QED) is 0.557. The fourth-order valence-electron chi connectivity index (χ4n) is 3.46. The zero-order chi connectivity index (χ0) is 15.9. The standard InChI is InChI=1S/C15H22O7/c1-15(2)21-13-10(7-16)20-9-5-4-8(6-11(17)18-3)19-12(9)14(13)22-15/h7-10,12-14H,4-6H2,1-3H3/t8-,9+,10+,12+,13-,14+/m1/s1. The van der Waals surface area contributed by atoms with Gasteiger partial charge in [0.1, 0.15) is 24.4 Å². The van der Waals surface area contributed by atoms with Gasteiger partial charge in [-0.3, -0.25) is 4.79 Å². The van der Waals surface area contributed by atoms with Crippen molar-refractivity contribution in [3.63, 3.8) is 0 Å². The Kier molecular flexibility index (Phi) is 4.24. The molecule has 0 aromatic carbocycles. The van der Waals surface area contributed by atoms with E-state index in [2.05, 4.69) is 0 Å². The highest BCUT2D eigenvalue weighted by Gasteiger charge is 2.57. The van der Waals surface area contributed by atoms with Crippen molar-refractivity contribution in [2.24, 2.45) is 0 Å². The second kappa shape index (κ2) is 5.88. The molecule has 0 spiro atoms. The lowest BCUT2D eigenvalue weighted by Crippen LogP contribution is -2.60. The first-order chi connectivity index (χ1) is 10.4. The SMILES string of the molecule is COC(=O)C[C@H]1CC[C@@H]2O[C@@H](C=O)[C@H]3OC(C)(C)O[C@H]3[C@H]2O1. The summed E-state index contributed by atoms with van der Waals surface area (Å²) >= 11 is 0. The van der Waals surface area contributed by atoms with Crippen LogP contribution in [0.15, 0.2) is 0 Å². The molecule has 0 N–H and O–H groups in total. The summed E-state index contributed by atoms with van der Waals surface area (Å²) in [7, 11) is 1.36. The fraction of sp³-hybridized carbons (Fsp3) is 0.867. The van der Waals surface area contributed by atoms with Crippen LogP contribution >= 0.6 is 0 Å².